The third kappa shape index (κ3) is 2.92. The van der Waals surface area contributed by atoms with Gasteiger partial charge in [0.15, 0.2) is 0 Å². The lowest BCUT2D eigenvalue weighted by atomic mass is 9.91. The fourth-order valence-electron chi connectivity index (χ4n) is 2.96. The van der Waals surface area contributed by atoms with Gasteiger partial charge in [-0.3, -0.25) is 9.69 Å². The van der Waals surface area contributed by atoms with Crippen LogP contribution in [-0.2, 0) is 9.59 Å². The van der Waals surface area contributed by atoms with Crippen molar-refractivity contribution in [1.29, 1.82) is 0 Å². The van der Waals surface area contributed by atoms with Crippen molar-refractivity contribution in [3.63, 3.8) is 0 Å². The highest BCUT2D eigenvalue weighted by Gasteiger charge is 2.45. The molecule has 1 amide bonds. The zero-order valence-corrected chi connectivity index (χ0v) is 13.5. The van der Waals surface area contributed by atoms with Crippen molar-refractivity contribution in [1.82, 2.24) is 0 Å². The molecule has 1 saturated heterocycles. The standard InChI is InChI=1S/C17H13Cl2NO3/c18-13-7-6-11(8-14(13)19)20-15(21)9-12(16(20)17(22)23)10-4-2-1-3-5-10/h1-8,12,16H,9H2,(H,22,23)/t12-,16+/m0/s1. The highest BCUT2D eigenvalue weighted by molar-refractivity contribution is 6.42. The van der Waals surface area contributed by atoms with Crippen LogP contribution < -0.4 is 4.90 Å². The van der Waals surface area contributed by atoms with E-state index in [0.29, 0.717) is 10.7 Å². The first-order chi connectivity index (χ1) is 11.0. The number of benzene rings is 2. The van der Waals surface area contributed by atoms with Crippen molar-refractivity contribution < 1.29 is 14.7 Å². The van der Waals surface area contributed by atoms with Crippen molar-refractivity contribution in [3.8, 4) is 0 Å². The van der Waals surface area contributed by atoms with E-state index in [9.17, 15) is 14.7 Å². The molecule has 3 rings (SSSR count). The highest BCUT2D eigenvalue weighted by atomic mass is 35.5. The van der Waals surface area contributed by atoms with Gasteiger partial charge in [-0.1, -0.05) is 53.5 Å². The number of hydrogen-bond donors (Lipinski definition) is 1. The Kier molecular flexibility index (Phi) is 4.28. The summed E-state index contributed by atoms with van der Waals surface area (Å²) in [4.78, 5) is 25.6. The summed E-state index contributed by atoms with van der Waals surface area (Å²) in [6.07, 6.45) is 0.140. The number of nitrogens with zero attached hydrogens (tertiary/aromatic N) is 1. The van der Waals surface area contributed by atoms with Crippen molar-refractivity contribution in [3.05, 3.63) is 64.1 Å². The van der Waals surface area contributed by atoms with Crippen LogP contribution in [0.5, 0.6) is 0 Å². The van der Waals surface area contributed by atoms with Gasteiger partial charge in [0, 0.05) is 18.0 Å². The molecule has 0 aliphatic carbocycles. The largest absolute Gasteiger partial charge is 0.480 e. The maximum Gasteiger partial charge on any atom is 0.327 e. The Morgan fingerprint density at radius 2 is 1.78 bits per heavy atom. The summed E-state index contributed by atoms with van der Waals surface area (Å²) in [5, 5.41) is 10.3. The molecule has 0 unspecified atom stereocenters. The van der Waals surface area contributed by atoms with Gasteiger partial charge in [-0.25, -0.2) is 4.79 Å². The molecule has 1 fully saturated rings. The maximum absolute atomic E-state index is 12.5. The van der Waals surface area contributed by atoms with Crippen LogP contribution in [0.3, 0.4) is 0 Å². The van der Waals surface area contributed by atoms with E-state index in [1.807, 2.05) is 30.3 Å². The van der Waals surface area contributed by atoms with E-state index < -0.39 is 17.9 Å². The second-order valence-electron chi connectivity index (χ2n) is 5.37. The van der Waals surface area contributed by atoms with Crippen LogP contribution in [-0.4, -0.2) is 23.0 Å². The quantitative estimate of drug-likeness (QED) is 0.911. The van der Waals surface area contributed by atoms with Crippen LogP contribution in [0.2, 0.25) is 10.0 Å². The Labute approximate surface area is 143 Å². The average Bonchev–Trinajstić information content (AvgIpc) is 2.88. The van der Waals surface area contributed by atoms with Crippen LogP contribution in [0, 0.1) is 0 Å². The van der Waals surface area contributed by atoms with E-state index in [-0.39, 0.29) is 17.4 Å². The number of aliphatic carboxylic acids is 1. The SMILES string of the molecule is O=C(O)[C@H]1[C@H](c2ccccc2)CC(=O)N1c1ccc(Cl)c(Cl)c1. The fourth-order valence-corrected chi connectivity index (χ4v) is 3.25. The van der Waals surface area contributed by atoms with E-state index in [4.69, 9.17) is 23.2 Å². The Morgan fingerprint density at radius 3 is 2.39 bits per heavy atom. The number of rotatable bonds is 3. The molecular weight excluding hydrogens is 337 g/mol. The van der Waals surface area contributed by atoms with Gasteiger partial charge < -0.3 is 5.11 Å². The normalized spacial score (nSPS) is 20.8. The molecule has 1 aliphatic heterocycles. The molecule has 1 aliphatic rings. The first kappa shape index (κ1) is 15.8. The predicted octanol–water partition coefficient (Wildman–Crippen LogP) is 3.97. The minimum Gasteiger partial charge on any atom is -0.480 e. The van der Waals surface area contributed by atoms with Gasteiger partial charge in [0.2, 0.25) is 5.91 Å². The van der Waals surface area contributed by atoms with Gasteiger partial charge in [-0.05, 0) is 23.8 Å². The van der Waals surface area contributed by atoms with Crippen molar-refractivity contribution in [2.24, 2.45) is 0 Å². The van der Waals surface area contributed by atoms with Gasteiger partial charge >= 0.3 is 5.97 Å². The zero-order valence-electron chi connectivity index (χ0n) is 11.9. The van der Waals surface area contributed by atoms with E-state index >= 15 is 0 Å². The summed E-state index contributed by atoms with van der Waals surface area (Å²) in [5.74, 6) is -1.70. The van der Waals surface area contributed by atoms with E-state index in [1.165, 1.54) is 11.0 Å². The first-order valence-corrected chi connectivity index (χ1v) is 7.79. The molecule has 0 spiro atoms. The molecule has 0 saturated carbocycles. The fraction of sp³-hybridized carbons (Fsp3) is 0.176. The van der Waals surface area contributed by atoms with Gasteiger partial charge in [-0.15, -0.1) is 0 Å². The van der Waals surface area contributed by atoms with Crippen LogP contribution >= 0.6 is 23.2 Å². The smallest absolute Gasteiger partial charge is 0.327 e. The number of anilines is 1. The molecule has 6 heteroatoms. The average molecular weight is 350 g/mol. The monoisotopic (exact) mass is 349 g/mol. The zero-order chi connectivity index (χ0) is 16.6. The van der Waals surface area contributed by atoms with E-state index in [2.05, 4.69) is 0 Å². The lowest BCUT2D eigenvalue weighted by molar-refractivity contribution is -0.139. The molecule has 0 aromatic heterocycles. The number of carbonyl (C=O) groups excluding carboxylic acids is 1. The van der Waals surface area contributed by atoms with E-state index in [1.54, 1.807) is 12.1 Å². The lowest BCUT2D eigenvalue weighted by Crippen LogP contribution is -2.41. The second kappa shape index (κ2) is 6.22. The summed E-state index contributed by atoms with van der Waals surface area (Å²) in [6.45, 7) is 0. The number of amides is 1. The molecule has 1 heterocycles. The van der Waals surface area contributed by atoms with Crippen molar-refractivity contribution in [2.45, 2.75) is 18.4 Å². The Balaban J connectivity index is 2.04. The predicted molar refractivity (Wildman–Crippen MR) is 89.2 cm³/mol. The van der Waals surface area contributed by atoms with Gasteiger partial charge in [-0.2, -0.15) is 0 Å². The van der Waals surface area contributed by atoms with E-state index in [0.717, 1.165) is 5.56 Å². The van der Waals surface area contributed by atoms with Gasteiger partial charge in [0.25, 0.3) is 0 Å². The summed E-state index contributed by atoms with van der Waals surface area (Å²) < 4.78 is 0. The Morgan fingerprint density at radius 1 is 1.09 bits per heavy atom. The molecule has 2 aromatic carbocycles. The van der Waals surface area contributed by atoms with Gasteiger partial charge in [0.1, 0.15) is 6.04 Å². The van der Waals surface area contributed by atoms with Crippen LogP contribution in [0.25, 0.3) is 0 Å². The molecule has 0 bridgehead atoms. The topological polar surface area (TPSA) is 57.6 Å². The number of carbonyl (C=O) groups is 2. The maximum atomic E-state index is 12.5. The van der Waals surface area contributed by atoms with Crippen molar-refractivity contribution in [2.75, 3.05) is 4.90 Å². The summed E-state index contributed by atoms with van der Waals surface area (Å²) in [7, 11) is 0. The molecule has 1 N–H and O–H groups in total. The molecule has 118 valence electrons. The third-order valence-electron chi connectivity index (χ3n) is 3.98. The minimum atomic E-state index is -1.05. The van der Waals surface area contributed by atoms with Crippen LogP contribution in [0.4, 0.5) is 5.69 Å². The molecule has 4 nitrogen and oxygen atoms in total. The lowest BCUT2D eigenvalue weighted by Gasteiger charge is -2.25. The Hall–Kier alpha value is -2.04. The molecule has 2 aromatic rings. The number of carboxylic acids is 1. The van der Waals surface area contributed by atoms with Crippen LogP contribution in [0.15, 0.2) is 48.5 Å². The second-order valence-corrected chi connectivity index (χ2v) is 6.18. The molecule has 2 atom stereocenters. The number of carboxylic acid groups (broad SMARTS) is 1. The molecular formula is C17H13Cl2NO3. The van der Waals surface area contributed by atoms with Crippen LogP contribution in [0.1, 0.15) is 17.9 Å². The van der Waals surface area contributed by atoms with Gasteiger partial charge in [0.05, 0.1) is 10.0 Å². The molecule has 23 heavy (non-hydrogen) atoms. The third-order valence-corrected chi connectivity index (χ3v) is 4.72. The summed E-state index contributed by atoms with van der Waals surface area (Å²) in [5.41, 5.74) is 1.27. The van der Waals surface area contributed by atoms with Crippen molar-refractivity contribution >= 4 is 40.8 Å². The number of hydrogen-bond acceptors (Lipinski definition) is 2. The summed E-state index contributed by atoms with van der Waals surface area (Å²) >= 11 is 11.9. The number of halogens is 2. The first-order valence-electron chi connectivity index (χ1n) is 7.04. The summed E-state index contributed by atoms with van der Waals surface area (Å²) in [6, 6.07) is 12.9. The molecule has 0 radical (unpaired) electrons. The minimum absolute atomic E-state index is 0.140. The highest BCUT2D eigenvalue weighted by Crippen LogP contribution is 2.39. The Bertz CT molecular complexity index is 764.